The van der Waals surface area contributed by atoms with Gasteiger partial charge >= 0.3 is 0 Å². The molecular weight excluding hydrogens is 312 g/mol. The van der Waals surface area contributed by atoms with Crippen molar-refractivity contribution in [3.05, 3.63) is 71.0 Å². The van der Waals surface area contributed by atoms with Gasteiger partial charge in [0.1, 0.15) is 11.3 Å². The van der Waals surface area contributed by atoms with E-state index in [0.29, 0.717) is 19.5 Å². The van der Waals surface area contributed by atoms with Crippen LogP contribution in [-0.2, 0) is 24.2 Å². The predicted octanol–water partition coefficient (Wildman–Crippen LogP) is 3.20. The molecule has 128 valence electrons. The zero-order valence-electron chi connectivity index (χ0n) is 14.4. The number of benzene rings is 2. The van der Waals surface area contributed by atoms with Crippen LogP contribution in [-0.4, -0.2) is 23.4 Å². The lowest BCUT2D eigenvalue weighted by Gasteiger charge is -2.29. The van der Waals surface area contributed by atoms with E-state index in [1.165, 1.54) is 5.56 Å². The first-order valence-corrected chi connectivity index (χ1v) is 8.71. The molecule has 1 aliphatic heterocycles. The highest BCUT2D eigenvalue weighted by Gasteiger charge is 2.28. The number of hydrogen-bond acceptors (Lipinski definition) is 3. The molecule has 1 amide bonds. The molecule has 2 heterocycles. The Labute approximate surface area is 147 Å². The lowest BCUT2D eigenvalue weighted by Crippen LogP contribution is -2.46. The van der Waals surface area contributed by atoms with Gasteiger partial charge in [-0.15, -0.1) is 0 Å². The lowest BCUT2D eigenvalue weighted by atomic mass is 10.0. The molecule has 1 aliphatic rings. The molecule has 0 aliphatic carbocycles. The Morgan fingerprint density at radius 3 is 2.92 bits per heavy atom. The van der Waals surface area contributed by atoms with Gasteiger partial charge in [0.15, 0.2) is 0 Å². The van der Waals surface area contributed by atoms with Crippen molar-refractivity contribution in [2.24, 2.45) is 5.73 Å². The van der Waals surface area contributed by atoms with Crippen LogP contribution in [0.5, 0.6) is 0 Å². The summed E-state index contributed by atoms with van der Waals surface area (Å²) in [6.07, 6.45) is 1.31. The van der Waals surface area contributed by atoms with Gasteiger partial charge in [-0.25, -0.2) is 0 Å². The molecule has 1 aromatic heterocycles. The maximum Gasteiger partial charge on any atom is 0.240 e. The molecule has 4 heteroatoms. The third-order valence-corrected chi connectivity index (χ3v) is 4.91. The Balaban J connectivity index is 1.51. The van der Waals surface area contributed by atoms with Crippen molar-refractivity contribution in [2.75, 3.05) is 6.54 Å². The molecule has 0 bridgehead atoms. The van der Waals surface area contributed by atoms with Crippen molar-refractivity contribution in [2.45, 2.75) is 32.4 Å². The molecule has 2 aromatic carbocycles. The smallest absolute Gasteiger partial charge is 0.240 e. The maximum absolute atomic E-state index is 12.8. The number of para-hydroxylation sites is 1. The Hall–Kier alpha value is -2.59. The van der Waals surface area contributed by atoms with E-state index in [0.717, 1.165) is 34.3 Å². The minimum absolute atomic E-state index is 0.0115. The molecule has 4 rings (SSSR count). The summed E-state index contributed by atoms with van der Waals surface area (Å²) in [6.45, 7) is 3.28. The fraction of sp³-hybridized carbons (Fsp3) is 0.286. The summed E-state index contributed by atoms with van der Waals surface area (Å²) in [6, 6.07) is 15.7. The minimum Gasteiger partial charge on any atom is -0.461 e. The van der Waals surface area contributed by atoms with Gasteiger partial charge in [0, 0.05) is 30.5 Å². The molecule has 0 radical (unpaired) electrons. The molecular formula is C21H22N2O2. The minimum atomic E-state index is -0.512. The van der Waals surface area contributed by atoms with Crippen LogP contribution >= 0.6 is 0 Å². The van der Waals surface area contributed by atoms with E-state index < -0.39 is 6.04 Å². The van der Waals surface area contributed by atoms with Gasteiger partial charge in [-0.2, -0.15) is 0 Å². The molecule has 0 saturated heterocycles. The maximum atomic E-state index is 12.8. The standard InChI is InChI=1S/C21H22N2O2/c1-14-5-4-6-15(11-14)12-18(22)21(24)23-10-9-20-17(13-23)16-7-2-3-8-19(16)25-20/h2-8,11,18H,9-10,12-13,22H2,1H3. The van der Waals surface area contributed by atoms with Gasteiger partial charge in [-0.1, -0.05) is 48.0 Å². The number of hydrogen-bond donors (Lipinski definition) is 1. The first-order valence-electron chi connectivity index (χ1n) is 8.71. The number of furan rings is 1. The topological polar surface area (TPSA) is 59.5 Å². The number of amides is 1. The third-order valence-electron chi connectivity index (χ3n) is 4.91. The van der Waals surface area contributed by atoms with Crippen LogP contribution in [0, 0.1) is 6.92 Å². The van der Waals surface area contributed by atoms with E-state index in [2.05, 4.69) is 12.1 Å². The highest BCUT2D eigenvalue weighted by Crippen LogP contribution is 2.30. The van der Waals surface area contributed by atoms with Gasteiger partial charge in [-0.3, -0.25) is 4.79 Å². The number of aryl methyl sites for hydroxylation is 1. The summed E-state index contributed by atoms with van der Waals surface area (Å²) >= 11 is 0. The molecule has 3 aromatic rings. The van der Waals surface area contributed by atoms with Crippen molar-refractivity contribution >= 4 is 16.9 Å². The summed E-state index contributed by atoms with van der Waals surface area (Å²) in [5.74, 6) is 1.01. The van der Waals surface area contributed by atoms with Crippen LogP contribution in [0.3, 0.4) is 0 Å². The van der Waals surface area contributed by atoms with Crippen LogP contribution in [0.2, 0.25) is 0 Å². The second-order valence-corrected chi connectivity index (χ2v) is 6.81. The van der Waals surface area contributed by atoms with Crippen molar-refractivity contribution < 1.29 is 9.21 Å². The first-order chi connectivity index (χ1) is 12.1. The number of carbonyl (C=O) groups excluding carboxylic acids is 1. The largest absolute Gasteiger partial charge is 0.461 e. The first kappa shape index (κ1) is 15.9. The van der Waals surface area contributed by atoms with Gasteiger partial charge < -0.3 is 15.1 Å². The van der Waals surface area contributed by atoms with E-state index in [1.54, 1.807) is 0 Å². The van der Waals surface area contributed by atoms with E-state index in [-0.39, 0.29) is 5.91 Å². The second-order valence-electron chi connectivity index (χ2n) is 6.81. The van der Waals surface area contributed by atoms with Crippen molar-refractivity contribution in [1.82, 2.24) is 4.90 Å². The number of rotatable bonds is 3. The van der Waals surface area contributed by atoms with E-state index >= 15 is 0 Å². The van der Waals surface area contributed by atoms with Crippen molar-refractivity contribution in [1.29, 1.82) is 0 Å². The van der Waals surface area contributed by atoms with E-state index in [4.69, 9.17) is 10.2 Å². The lowest BCUT2D eigenvalue weighted by molar-refractivity contribution is -0.133. The Bertz CT molecular complexity index is 929. The van der Waals surface area contributed by atoms with Gasteiger partial charge in [0.25, 0.3) is 0 Å². The highest BCUT2D eigenvalue weighted by molar-refractivity contribution is 5.85. The zero-order valence-corrected chi connectivity index (χ0v) is 14.4. The fourth-order valence-electron chi connectivity index (χ4n) is 3.63. The number of nitrogens with two attached hydrogens (primary N) is 1. The fourth-order valence-corrected chi connectivity index (χ4v) is 3.63. The molecule has 25 heavy (non-hydrogen) atoms. The zero-order chi connectivity index (χ0) is 17.4. The molecule has 1 atom stereocenters. The van der Waals surface area contributed by atoms with Gasteiger partial charge in [-0.05, 0) is 25.0 Å². The Morgan fingerprint density at radius 1 is 1.24 bits per heavy atom. The SMILES string of the molecule is Cc1cccc(CC(N)C(=O)N2CCc3oc4ccccc4c3C2)c1. The van der Waals surface area contributed by atoms with Crippen molar-refractivity contribution in [3.63, 3.8) is 0 Å². The summed E-state index contributed by atoms with van der Waals surface area (Å²) in [4.78, 5) is 14.7. The average Bonchev–Trinajstić information content (AvgIpc) is 2.99. The molecule has 4 nitrogen and oxygen atoms in total. The van der Waals surface area contributed by atoms with E-state index in [9.17, 15) is 4.79 Å². The summed E-state index contributed by atoms with van der Waals surface area (Å²) in [5, 5.41) is 1.10. The van der Waals surface area contributed by atoms with Crippen LogP contribution in [0.1, 0.15) is 22.5 Å². The molecule has 0 saturated carbocycles. The summed E-state index contributed by atoms with van der Waals surface area (Å²) in [5.41, 5.74) is 10.5. The monoisotopic (exact) mass is 334 g/mol. The third kappa shape index (κ3) is 3.05. The number of nitrogens with zero attached hydrogens (tertiary/aromatic N) is 1. The Morgan fingerprint density at radius 2 is 2.08 bits per heavy atom. The quantitative estimate of drug-likeness (QED) is 0.800. The van der Waals surface area contributed by atoms with Crippen LogP contribution in [0.25, 0.3) is 11.0 Å². The number of carbonyl (C=O) groups is 1. The molecule has 0 fully saturated rings. The summed E-state index contributed by atoms with van der Waals surface area (Å²) < 4.78 is 5.92. The van der Waals surface area contributed by atoms with Crippen molar-refractivity contribution in [3.8, 4) is 0 Å². The van der Waals surface area contributed by atoms with Crippen LogP contribution < -0.4 is 5.73 Å². The van der Waals surface area contributed by atoms with E-state index in [1.807, 2.05) is 48.2 Å². The van der Waals surface area contributed by atoms with Crippen LogP contribution in [0.15, 0.2) is 52.9 Å². The normalized spacial score (nSPS) is 15.2. The highest BCUT2D eigenvalue weighted by atomic mass is 16.3. The molecule has 2 N–H and O–H groups in total. The van der Waals surface area contributed by atoms with Crippen LogP contribution in [0.4, 0.5) is 0 Å². The van der Waals surface area contributed by atoms with Gasteiger partial charge in [0.2, 0.25) is 5.91 Å². The number of fused-ring (bicyclic) bond motifs is 3. The Kier molecular flexibility index (Phi) is 4.06. The predicted molar refractivity (Wildman–Crippen MR) is 98.2 cm³/mol. The second kappa shape index (κ2) is 6.37. The summed E-state index contributed by atoms with van der Waals surface area (Å²) in [7, 11) is 0. The molecule has 1 unspecified atom stereocenters. The van der Waals surface area contributed by atoms with Gasteiger partial charge in [0.05, 0.1) is 6.04 Å². The molecule has 0 spiro atoms. The average molecular weight is 334 g/mol.